The van der Waals surface area contributed by atoms with Crippen molar-refractivity contribution in [3.05, 3.63) is 28.8 Å². The number of nitrogens with two attached hydrogens (primary N) is 1. The number of hydrogen-bond donors (Lipinski definition) is 2. The highest BCUT2D eigenvalue weighted by Gasteiger charge is 2.08. The predicted molar refractivity (Wildman–Crippen MR) is 57.6 cm³/mol. The Hall–Kier alpha value is -0.440. The predicted octanol–water partition coefficient (Wildman–Crippen LogP) is 2.88. The summed E-state index contributed by atoms with van der Waals surface area (Å²) in [5.74, 6) is 0.216. The number of phenols is 1. The standard InChI is InChI=1S/C9H12ClNO.ClH/c1-2-8(11)7-5-6(10)3-4-9(7)12;/h3-5,8,12H,2,11H2,1H3;1H/t8-;/m1./s1. The van der Waals surface area contributed by atoms with Crippen LogP contribution in [0.25, 0.3) is 0 Å². The Bertz CT molecular complexity index is 278. The molecule has 0 aromatic heterocycles. The number of aromatic hydroxyl groups is 1. The average molecular weight is 222 g/mol. The summed E-state index contributed by atoms with van der Waals surface area (Å²) in [6, 6.07) is 4.77. The first-order chi connectivity index (χ1) is 5.65. The molecule has 2 nitrogen and oxygen atoms in total. The topological polar surface area (TPSA) is 46.2 Å². The van der Waals surface area contributed by atoms with E-state index in [1.807, 2.05) is 6.92 Å². The Labute approximate surface area is 89.1 Å². The highest BCUT2D eigenvalue weighted by atomic mass is 35.5. The molecule has 0 radical (unpaired) electrons. The summed E-state index contributed by atoms with van der Waals surface area (Å²) in [6.45, 7) is 1.96. The van der Waals surface area contributed by atoms with Crippen molar-refractivity contribution < 1.29 is 5.11 Å². The van der Waals surface area contributed by atoms with Crippen LogP contribution < -0.4 is 5.73 Å². The van der Waals surface area contributed by atoms with Gasteiger partial charge in [-0.3, -0.25) is 0 Å². The molecule has 0 saturated carbocycles. The molecule has 0 bridgehead atoms. The maximum atomic E-state index is 9.40. The minimum absolute atomic E-state index is 0. The first-order valence-corrected chi connectivity index (χ1v) is 4.27. The lowest BCUT2D eigenvalue weighted by Gasteiger charge is -2.10. The van der Waals surface area contributed by atoms with Crippen LogP contribution in [-0.2, 0) is 0 Å². The zero-order valence-electron chi connectivity index (χ0n) is 7.33. The molecular formula is C9H13Cl2NO. The van der Waals surface area contributed by atoms with Gasteiger partial charge in [-0.1, -0.05) is 18.5 Å². The lowest BCUT2D eigenvalue weighted by Crippen LogP contribution is -2.08. The van der Waals surface area contributed by atoms with Crippen molar-refractivity contribution in [1.82, 2.24) is 0 Å². The van der Waals surface area contributed by atoms with Gasteiger partial charge in [-0.05, 0) is 24.6 Å². The smallest absolute Gasteiger partial charge is 0.120 e. The Morgan fingerprint density at radius 2 is 2.15 bits per heavy atom. The monoisotopic (exact) mass is 221 g/mol. The first kappa shape index (κ1) is 12.6. The van der Waals surface area contributed by atoms with Gasteiger partial charge in [-0.25, -0.2) is 0 Å². The lowest BCUT2D eigenvalue weighted by molar-refractivity contribution is 0.460. The molecule has 1 aromatic carbocycles. The van der Waals surface area contributed by atoms with E-state index in [-0.39, 0.29) is 24.2 Å². The molecule has 0 unspecified atom stereocenters. The maximum absolute atomic E-state index is 9.40. The van der Waals surface area contributed by atoms with Crippen molar-refractivity contribution >= 4 is 24.0 Å². The summed E-state index contributed by atoms with van der Waals surface area (Å²) in [7, 11) is 0. The molecule has 1 aromatic rings. The van der Waals surface area contributed by atoms with E-state index < -0.39 is 0 Å². The first-order valence-electron chi connectivity index (χ1n) is 3.89. The molecule has 0 amide bonds. The van der Waals surface area contributed by atoms with Gasteiger partial charge >= 0.3 is 0 Å². The van der Waals surface area contributed by atoms with Gasteiger partial charge in [0.15, 0.2) is 0 Å². The second kappa shape index (κ2) is 5.32. The number of hydrogen-bond acceptors (Lipinski definition) is 2. The summed E-state index contributed by atoms with van der Waals surface area (Å²) in [5, 5.41) is 10.0. The van der Waals surface area contributed by atoms with Crippen LogP contribution in [0.1, 0.15) is 24.9 Å². The summed E-state index contributed by atoms with van der Waals surface area (Å²) in [6.07, 6.45) is 0.786. The van der Waals surface area contributed by atoms with Crippen molar-refractivity contribution in [3.63, 3.8) is 0 Å². The zero-order valence-corrected chi connectivity index (χ0v) is 8.90. The van der Waals surface area contributed by atoms with Crippen molar-refractivity contribution in [2.75, 3.05) is 0 Å². The fraction of sp³-hybridized carbons (Fsp3) is 0.333. The van der Waals surface area contributed by atoms with Crippen LogP contribution in [0.4, 0.5) is 0 Å². The van der Waals surface area contributed by atoms with Crippen LogP contribution in [0.5, 0.6) is 5.75 Å². The molecule has 0 aliphatic carbocycles. The van der Waals surface area contributed by atoms with Gasteiger partial charge in [0.2, 0.25) is 0 Å². The Morgan fingerprint density at radius 3 is 2.69 bits per heavy atom. The minimum Gasteiger partial charge on any atom is -0.508 e. The van der Waals surface area contributed by atoms with Crippen LogP contribution in [0, 0.1) is 0 Å². The van der Waals surface area contributed by atoms with Gasteiger partial charge in [0.05, 0.1) is 0 Å². The van der Waals surface area contributed by atoms with E-state index >= 15 is 0 Å². The summed E-state index contributed by atoms with van der Waals surface area (Å²) in [5.41, 5.74) is 6.46. The molecular weight excluding hydrogens is 209 g/mol. The molecule has 0 heterocycles. The van der Waals surface area contributed by atoms with Crippen LogP contribution >= 0.6 is 24.0 Å². The number of rotatable bonds is 2. The van der Waals surface area contributed by atoms with Crippen LogP contribution in [0.15, 0.2) is 18.2 Å². The minimum atomic E-state index is -0.135. The molecule has 1 atom stereocenters. The fourth-order valence-electron chi connectivity index (χ4n) is 1.04. The number of benzene rings is 1. The average Bonchev–Trinajstić information content (AvgIpc) is 2.08. The third-order valence-electron chi connectivity index (χ3n) is 1.83. The van der Waals surface area contributed by atoms with E-state index in [1.54, 1.807) is 18.2 Å². The van der Waals surface area contributed by atoms with Crippen molar-refractivity contribution in [2.24, 2.45) is 5.73 Å². The number of halogens is 2. The molecule has 74 valence electrons. The van der Waals surface area contributed by atoms with Gasteiger partial charge in [0, 0.05) is 16.6 Å². The van der Waals surface area contributed by atoms with Crippen LogP contribution in [0.3, 0.4) is 0 Å². The zero-order chi connectivity index (χ0) is 9.14. The maximum Gasteiger partial charge on any atom is 0.120 e. The molecule has 4 heteroatoms. The van der Waals surface area contributed by atoms with E-state index in [2.05, 4.69) is 0 Å². The third kappa shape index (κ3) is 3.07. The van der Waals surface area contributed by atoms with Crippen molar-refractivity contribution in [2.45, 2.75) is 19.4 Å². The quantitative estimate of drug-likeness (QED) is 0.808. The highest BCUT2D eigenvalue weighted by molar-refractivity contribution is 6.30. The van der Waals surface area contributed by atoms with Gasteiger partial charge in [-0.2, -0.15) is 0 Å². The van der Waals surface area contributed by atoms with E-state index in [1.165, 1.54) is 0 Å². The van der Waals surface area contributed by atoms with Gasteiger partial charge < -0.3 is 10.8 Å². The SMILES string of the molecule is CC[C@@H](N)c1cc(Cl)ccc1O.Cl. The summed E-state index contributed by atoms with van der Waals surface area (Å²) >= 11 is 5.75. The van der Waals surface area contributed by atoms with E-state index in [9.17, 15) is 5.11 Å². The van der Waals surface area contributed by atoms with Gasteiger partial charge in [0.25, 0.3) is 0 Å². The second-order valence-corrected chi connectivity index (χ2v) is 3.15. The summed E-state index contributed by atoms with van der Waals surface area (Å²) < 4.78 is 0. The van der Waals surface area contributed by atoms with Crippen LogP contribution in [0.2, 0.25) is 5.02 Å². The van der Waals surface area contributed by atoms with Crippen molar-refractivity contribution in [3.8, 4) is 5.75 Å². The van der Waals surface area contributed by atoms with Crippen molar-refractivity contribution in [1.29, 1.82) is 0 Å². The van der Waals surface area contributed by atoms with E-state index in [4.69, 9.17) is 17.3 Å². The van der Waals surface area contributed by atoms with Gasteiger partial charge in [0.1, 0.15) is 5.75 Å². The molecule has 0 aliphatic heterocycles. The molecule has 0 spiro atoms. The summed E-state index contributed by atoms with van der Waals surface area (Å²) in [4.78, 5) is 0. The molecule has 13 heavy (non-hydrogen) atoms. The van der Waals surface area contributed by atoms with E-state index in [0.29, 0.717) is 10.6 Å². The molecule has 0 aliphatic rings. The Balaban J connectivity index is 0.00000144. The molecule has 1 rings (SSSR count). The Kier molecular flexibility index (Phi) is 5.14. The fourth-order valence-corrected chi connectivity index (χ4v) is 1.22. The molecule has 3 N–H and O–H groups in total. The highest BCUT2D eigenvalue weighted by Crippen LogP contribution is 2.27. The second-order valence-electron chi connectivity index (χ2n) is 2.72. The lowest BCUT2D eigenvalue weighted by atomic mass is 10.0. The molecule has 0 saturated heterocycles. The Morgan fingerprint density at radius 1 is 1.54 bits per heavy atom. The largest absolute Gasteiger partial charge is 0.508 e. The number of phenolic OH excluding ortho intramolecular Hbond substituents is 1. The molecule has 0 fully saturated rings. The van der Waals surface area contributed by atoms with Gasteiger partial charge in [-0.15, -0.1) is 12.4 Å². The normalized spacial score (nSPS) is 11.9. The van der Waals surface area contributed by atoms with Crippen LogP contribution in [-0.4, -0.2) is 5.11 Å². The van der Waals surface area contributed by atoms with E-state index in [0.717, 1.165) is 6.42 Å². The third-order valence-corrected chi connectivity index (χ3v) is 2.06.